The zero-order valence-electron chi connectivity index (χ0n) is 19.8. The highest BCUT2D eigenvalue weighted by atomic mass is 32.1. The molecule has 0 spiro atoms. The Morgan fingerprint density at radius 1 is 1.17 bits per heavy atom. The van der Waals surface area contributed by atoms with Crippen LogP contribution in [0, 0.1) is 19.7 Å². The molecule has 4 heterocycles. The Morgan fingerprint density at radius 3 is 2.67 bits per heavy atom. The Hall–Kier alpha value is -3.63. The number of thiocarbonyl (C=S) groups is 1. The van der Waals surface area contributed by atoms with Gasteiger partial charge in [0.1, 0.15) is 5.82 Å². The largest absolute Gasteiger partial charge is 0.352 e. The number of nitrogens with zero attached hydrogens (tertiary/aromatic N) is 4. The smallest absolute Gasteiger partial charge is 0.226 e. The highest BCUT2D eigenvalue weighted by Gasteiger charge is 2.41. The summed E-state index contributed by atoms with van der Waals surface area (Å²) in [6, 6.07) is 13.4. The molecule has 3 aromatic heterocycles. The summed E-state index contributed by atoms with van der Waals surface area (Å²) in [5.41, 5.74) is 4.68. The number of pyridine rings is 1. The Balaban J connectivity index is 1.44. The van der Waals surface area contributed by atoms with E-state index in [9.17, 15) is 9.18 Å². The van der Waals surface area contributed by atoms with Crippen molar-refractivity contribution >= 4 is 40.3 Å². The summed E-state index contributed by atoms with van der Waals surface area (Å²) in [7, 11) is 0. The van der Waals surface area contributed by atoms with Crippen LogP contribution in [0.5, 0.6) is 0 Å². The molecule has 5 rings (SSSR count). The molecule has 0 unspecified atom stereocenters. The highest BCUT2D eigenvalue weighted by molar-refractivity contribution is 7.80. The molecule has 1 aromatic carbocycles. The van der Waals surface area contributed by atoms with Gasteiger partial charge >= 0.3 is 0 Å². The molecule has 0 radical (unpaired) electrons. The van der Waals surface area contributed by atoms with Crippen molar-refractivity contribution in [3.8, 4) is 5.13 Å². The second kappa shape index (κ2) is 10.2. The first-order chi connectivity index (χ1) is 17.4. The van der Waals surface area contributed by atoms with Crippen LogP contribution in [0.2, 0.25) is 0 Å². The number of hydrogen-bond donors (Lipinski definition) is 2. The maximum absolute atomic E-state index is 13.2. The molecular formula is C26H25FN6OS2. The fourth-order valence-corrected chi connectivity index (χ4v) is 5.75. The van der Waals surface area contributed by atoms with Gasteiger partial charge in [-0.25, -0.2) is 9.37 Å². The molecule has 4 aromatic rings. The molecule has 2 N–H and O–H groups in total. The summed E-state index contributed by atoms with van der Waals surface area (Å²) >= 11 is 7.33. The molecule has 0 aliphatic carbocycles. The lowest BCUT2D eigenvalue weighted by Gasteiger charge is -2.28. The van der Waals surface area contributed by atoms with E-state index in [-0.39, 0.29) is 30.2 Å². The number of amides is 1. The van der Waals surface area contributed by atoms with Crippen molar-refractivity contribution in [1.29, 1.82) is 0 Å². The van der Waals surface area contributed by atoms with Crippen LogP contribution in [0.3, 0.4) is 0 Å². The Kier molecular flexibility index (Phi) is 6.80. The Labute approximate surface area is 218 Å². The lowest BCUT2D eigenvalue weighted by Crippen LogP contribution is -2.32. The van der Waals surface area contributed by atoms with Crippen LogP contribution in [0.15, 0.2) is 66.3 Å². The van der Waals surface area contributed by atoms with E-state index in [0.29, 0.717) is 17.3 Å². The first-order valence-corrected chi connectivity index (χ1v) is 12.8. The third-order valence-corrected chi connectivity index (χ3v) is 7.41. The number of aromatic nitrogens is 3. The topological polar surface area (TPSA) is 75.1 Å². The van der Waals surface area contributed by atoms with Gasteiger partial charge in [0.05, 0.1) is 17.8 Å². The van der Waals surface area contributed by atoms with Gasteiger partial charge in [-0.15, -0.1) is 11.3 Å². The van der Waals surface area contributed by atoms with Crippen LogP contribution in [0.4, 0.5) is 10.1 Å². The van der Waals surface area contributed by atoms with E-state index in [1.54, 1.807) is 35.9 Å². The van der Waals surface area contributed by atoms with E-state index in [2.05, 4.69) is 50.0 Å². The highest BCUT2D eigenvalue weighted by Crippen LogP contribution is 2.41. The summed E-state index contributed by atoms with van der Waals surface area (Å²) < 4.78 is 15.4. The van der Waals surface area contributed by atoms with E-state index in [1.807, 2.05) is 23.6 Å². The van der Waals surface area contributed by atoms with Crippen LogP contribution in [-0.2, 0) is 4.79 Å². The van der Waals surface area contributed by atoms with Gasteiger partial charge < -0.3 is 15.5 Å². The molecule has 184 valence electrons. The zero-order valence-corrected chi connectivity index (χ0v) is 21.4. The van der Waals surface area contributed by atoms with E-state index in [1.165, 1.54) is 12.1 Å². The minimum Gasteiger partial charge on any atom is -0.352 e. The summed E-state index contributed by atoms with van der Waals surface area (Å²) in [6.45, 7) is 4.56. The van der Waals surface area contributed by atoms with Crippen molar-refractivity contribution in [2.24, 2.45) is 0 Å². The molecule has 2 atom stereocenters. The third-order valence-electron chi connectivity index (χ3n) is 6.31. The van der Waals surface area contributed by atoms with Crippen molar-refractivity contribution in [2.45, 2.75) is 32.4 Å². The summed E-state index contributed by atoms with van der Waals surface area (Å²) in [5.74, 6) is -0.516. The van der Waals surface area contributed by atoms with Gasteiger partial charge in [0.25, 0.3) is 0 Å². The number of hydrogen-bond acceptors (Lipinski definition) is 5. The first-order valence-electron chi connectivity index (χ1n) is 11.5. The van der Waals surface area contributed by atoms with Crippen molar-refractivity contribution in [3.05, 3.63) is 94.8 Å². The number of carbonyl (C=O) groups is 1. The maximum Gasteiger partial charge on any atom is 0.226 e. The van der Waals surface area contributed by atoms with Gasteiger partial charge in [-0.2, -0.15) is 0 Å². The zero-order chi connectivity index (χ0) is 25.2. The predicted octanol–water partition coefficient (Wildman–Crippen LogP) is 5.09. The van der Waals surface area contributed by atoms with Gasteiger partial charge in [0.15, 0.2) is 10.2 Å². The van der Waals surface area contributed by atoms with Gasteiger partial charge in [-0.3, -0.25) is 14.3 Å². The lowest BCUT2D eigenvalue weighted by atomic mass is 9.96. The van der Waals surface area contributed by atoms with E-state index < -0.39 is 0 Å². The van der Waals surface area contributed by atoms with Gasteiger partial charge in [-0.05, 0) is 74.1 Å². The SMILES string of the molecule is Cc1cc([C@H]2[C@@H](c3ccccn3)NC(=S)N2CCC(=O)Nc2ccc(F)cc2)c(C)n1-c1nccs1. The number of benzene rings is 1. The quantitative estimate of drug-likeness (QED) is 0.331. The average Bonchev–Trinajstić information content (AvgIpc) is 3.58. The maximum atomic E-state index is 13.2. The number of nitrogens with one attached hydrogen (secondary N) is 2. The summed E-state index contributed by atoms with van der Waals surface area (Å²) in [4.78, 5) is 23.9. The van der Waals surface area contributed by atoms with Crippen LogP contribution >= 0.6 is 23.6 Å². The van der Waals surface area contributed by atoms with Crippen LogP contribution in [-0.4, -0.2) is 37.0 Å². The Bertz CT molecular complexity index is 1370. The fraction of sp³-hybridized carbons (Fsp3) is 0.231. The van der Waals surface area contributed by atoms with Crippen LogP contribution in [0.1, 0.15) is 41.1 Å². The van der Waals surface area contributed by atoms with Crippen molar-refractivity contribution in [1.82, 2.24) is 24.8 Å². The van der Waals surface area contributed by atoms with Crippen LogP contribution in [0.25, 0.3) is 5.13 Å². The second-order valence-corrected chi connectivity index (χ2v) is 9.86. The molecular weight excluding hydrogens is 495 g/mol. The minimum atomic E-state index is -0.347. The van der Waals surface area contributed by atoms with E-state index >= 15 is 0 Å². The monoisotopic (exact) mass is 520 g/mol. The number of aryl methyl sites for hydroxylation is 1. The standard InChI is InChI=1S/C26H25FN6OS2/c1-16-15-20(17(2)33(16)26-29-12-14-36-26)24-23(21-5-3-4-11-28-21)31-25(35)32(24)13-10-22(34)30-19-8-6-18(27)7-9-19/h3-9,11-12,14-15,23-24H,10,13H2,1-2H3,(H,30,34)(H,31,35)/t23-,24+/m1/s1. The number of halogens is 1. The molecule has 1 aliphatic heterocycles. The molecule has 10 heteroatoms. The molecule has 36 heavy (non-hydrogen) atoms. The van der Waals surface area contributed by atoms with Gasteiger partial charge in [0, 0.05) is 47.8 Å². The normalized spacial score (nSPS) is 17.3. The number of rotatable bonds is 7. The molecule has 1 saturated heterocycles. The molecule has 0 bridgehead atoms. The average molecular weight is 521 g/mol. The Morgan fingerprint density at radius 2 is 1.97 bits per heavy atom. The molecule has 1 amide bonds. The minimum absolute atomic E-state index is 0.161. The predicted molar refractivity (Wildman–Crippen MR) is 143 cm³/mol. The first kappa shape index (κ1) is 24.1. The van der Waals surface area contributed by atoms with Crippen molar-refractivity contribution in [2.75, 3.05) is 11.9 Å². The van der Waals surface area contributed by atoms with E-state index in [4.69, 9.17) is 12.2 Å². The molecule has 0 saturated carbocycles. The second-order valence-electron chi connectivity index (χ2n) is 8.60. The number of anilines is 1. The van der Waals surface area contributed by atoms with Crippen molar-refractivity contribution < 1.29 is 9.18 Å². The van der Waals surface area contributed by atoms with Crippen LogP contribution < -0.4 is 10.6 Å². The summed E-state index contributed by atoms with van der Waals surface area (Å²) in [5, 5.41) is 9.71. The number of carbonyl (C=O) groups excluding carboxylic acids is 1. The molecule has 1 fully saturated rings. The number of thiazole rings is 1. The molecule has 1 aliphatic rings. The summed E-state index contributed by atoms with van der Waals surface area (Å²) in [6.07, 6.45) is 3.79. The van der Waals surface area contributed by atoms with Gasteiger partial charge in [-0.1, -0.05) is 6.07 Å². The van der Waals surface area contributed by atoms with Gasteiger partial charge in [0.2, 0.25) is 5.91 Å². The van der Waals surface area contributed by atoms with Crippen molar-refractivity contribution in [3.63, 3.8) is 0 Å². The lowest BCUT2D eigenvalue weighted by molar-refractivity contribution is -0.116. The third kappa shape index (κ3) is 4.74. The fourth-order valence-electron chi connectivity index (χ4n) is 4.67. The molecule has 7 nitrogen and oxygen atoms in total. The van der Waals surface area contributed by atoms with E-state index in [0.717, 1.165) is 27.8 Å².